The molecule has 1 heterocycles. The minimum absolute atomic E-state index is 0.0880. The highest BCUT2D eigenvalue weighted by Crippen LogP contribution is 2.36. The van der Waals surface area contributed by atoms with E-state index in [0.29, 0.717) is 24.8 Å². The largest absolute Gasteiger partial charge is 0.339 e. The summed E-state index contributed by atoms with van der Waals surface area (Å²) in [6, 6.07) is 0. The summed E-state index contributed by atoms with van der Waals surface area (Å²) < 4.78 is 12.0. The molecule has 2 atom stereocenters. The van der Waals surface area contributed by atoms with Gasteiger partial charge in [-0.2, -0.15) is 0 Å². The Kier molecular flexibility index (Phi) is 6.31. The Morgan fingerprint density at radius 1 is 1.14 bits per heavy atom. The van der Waals surface area contributed by atoms with Crippen LogP contribution in [0.4, 0.5) is 0 Å². The van der Waals surface area contributed by atoms with Gasteiger partial charge in [0.15, 0.2) is 17.7 Å². The Balaban J connectivity index is 3.13. The Morgan fingerprint density at radius 3 is 2.14 bits per heavy atom. The molecule has 0 aromatic heterocycles. The van der Waals surface area contributed by atoms with Crippen LogP contribution in [-0.4, -0.2) is 23.8 Å². The average molecular weight is 290 g/mol. The van der Waals surface area contributed by atoms with Crippen LogP contribution in [-0.2, 0) is 14.3 Å². The summed E-state index contributed by atoms with van der Waals surface area (Å²) in [6.07, 6.45) is 6.12. The second kappa shape index (κ2) is 7.53. The number of Topliss-reactive ketones (excluding diaryl/α,β-unsaturated/α-hetero) is 1. The number of carbonyl (C=O) groups is 1. The molecule has 1 aliphatic rings. The molecule has 3 heteroatoms. The molecule has 0 spiro atoms. The lowest BCUT2D eigenvalue weighted by atomic mass is 10.00. The van der Waals surface area contributed by atoms with Crippen molar-refractivity contribution in [2.24, 2.45) is 0 Å². The molecule has 1 saturated heterocycles. The number of ether oxygens (including phenoxy) is 2. The van der Waals surface area contributed by atoms with Crippen LogP contribution in [0.2, 0.25) is 0 Å². The maximum Gasteiger partial charge on any atom is 0.190 e. The van der Waals surface area contributed by atoms with Crippen LogP contribution < -0.4 is 0 Å². The van der Waals surface area contributed by atoms with Gasteiger partial charge in [0.1, 0.15) is 6.10 Å². The van der Waals surface area contributed by atoms with Crippen molar-refractivity contribution in [2.75, 3.05) is 0 Å². The van der Waals surface area contributed by atoms with E-state index in [0.717, 1.165) is 5.57 Å². The van der Waals surface area contributed by atoms with Crippen molar-refractivity contribution in [2.45, 2.75) is 58.0 Å². The maximum atomic E-state index is 12.5. The second-order valence-corrected chi connectivity index (χ2v) is 5.13. The van der Waals surface area contributed by atoms with Crippen molar-refractivity contribution in [3.05, 3.63) is 49.1 Å². The van der Waals surface area contributed by atoms with Gasteiger partial charge < -0.3 is 9.47 Å². The van der Waals surface area contributed by atoms with Gasteiger partial charge in [-0.1, -0.05) is 52.7 Å². The van der Waals surface area contributed by atoms with Crippen molar-refractivity contribution in [1.82, 2.24) is 0 Å². The Hall–Kier alpha value is -1.45. The van der Waals surface area contributed by atoms with E-state index in [9.17, 15) is 4.79 Å². The van der Waals surface area contributed by atoms with Crippen LogP contribution >= 0.6 is 0 Å². The Labute approximate surface area is 128 Å². The number of ketones is 1. The van der Waals surface area contributed by atoms with E-state index in [4.69, 9.17) is 9.47 Å². The molecule has 0 bridgehead atoms. The maximum absolute atomic E-state index is 12.5. The van der Waals surface area contributed by atoms with Crippen LogP contribution in [0.3, 0.4) is 0 Å². The molecule has 0 aromatic carbocycles. The summed E-state index contributed by atoms with van der Waals surface area (Å²) in [6.45, 7) is 17.2. The van der Waals surface area contributed by atoms with Gasteiger partial charge in [-0.05, 0) is 36.5 Å². The molecule has 0 N–H and O–H groups in total. The van der Waals surface area contributed by atoms with E-state index in [2.05, 4.69) is 19.7 Å². The highest BCUT2D eigenvalue weighted by molar-refractivity contribution is 5.99. The fourth-order valence-electron chi connectivity index (χ4n) is 2.33. The van der Waals surface area contributed by atoms with Crippen molar-refractivity contribution in [3.63, 3.8) is 0 Å². The molecule has 0 radical (unpaired) electrons. The quantitative estimate of drug-likeness (QED) is 0.498. The summed E-state index contributed by atoms with van der Waals surface area (Å²) in [4.78, 5) is 12.5. The summed E-state index contributed by atoms with van der Waals surface area (Å²) in [7, 11) is 0. The number of carbonyl (C=O) groups excluding carboxylic acids is 1. The third kappa shape index (κ3) is 3.80. The van der Waals surface area contributed by atoms with E-state index >= 15 is 0 Å². The molecule has 0 aromatic rings. The van der Waals surface area contributed by atoms with Crippen molar-refractivity contribution in [1.29, 1.82) is 0 Å². The average Bonchev–Trinajstić information content (AvgIpc) is 2.90. The number of hydrogen-bond acceptors (Lipinski definition) is 3. The topological polar surface area (TPSA) is 35.5 Å². The van der Waals surface area contributed by atoms with E-state index in [1.807, 2.05) is 26.8 Å². The molecule has 1 aliphatic heterocycles. The summed E-state index contributed by atoms with van der Waals surface area (Å²) in [5.74, 6) is -0.793. The summed E-state index contributed by atoms with van der Waals surface area (Å²) in [5, 5.41) is 0. The SMILES string of the molecule is C=CC(C=C)=C[C@@H]1OC(CC)(CC)O[C@@H]1C(=O)C(=C)CC. The molecule has 3 nitrogen and oxygen atoms in total. The summed E-state index contributed by atoms with van der Waals surface area (Å²) in [5.41, 5.74) is 1.38. The van der Waals surface area contributed by atoms with Gasteiger partial charge in [0.05, 0.1) is 0 Å². The van der Waals surface area contributed by atoms with E-state index in [1.54, 1.807) is 12.2 Å². The normalized spacial score (nSPS) is 23.4. The molecule has 1 rings (SSSR count). The third-order valence-corrected chi connectivity index (χ3v) is 3.93. The number of hydrogen-bond donors (Lipinski definition) is 0. The van der Waals surface area contributed by atoms with Crippen molar-refractivity contribution in [3.8, 4) is 0 Å². The Morgan fingerprint density at radius 2 is 1.71 bits per heavy atom. The van der Waals surface area contributed by atoms with Crippen LogP contribution in [0.1, 0.15) is 40.0 Å². The zero-order valence-electron chi connectivity index (χ0n) is 13.4. The van der Waals surface area contributed by atoms with Crippen LogP contribution in [0, 0.1) is 0 Å². The highest BCUT2D eigenvalue weighted by Gasteiger charge is 2.47. The molecule has 0 amide bonds. The van der Waals surface area contributed by atoms with Gasteiger partial charge in [0, 0.05) is 0 Å². The predicted octanol–water partition coefficient (Wildman–Crippen LogP) is 4.12. The number of allylic oxidation sites excluding steroid dienone is 3. The third-order valence-electron chi connectivity index (χ3n) is 3.93. The standard InChI is InChI=1S/C18H26O3/c1-7-13(6)16(19)17-15(12-14(8-2)9-3)20-18(10-4,11-5)21-17/h8-9,12,15,17H,2-3,6-7,10-11H2,1,4-5H3/t15-,17-/m0/s1. The van der Waals surface area contributed by atoms with Crippen LogP contribution in [0.25, 0.3) is 0 Å². The minimum Gasteiger partial charge on any atom is -0.339 e. The second-order valence-electron chi connectivity index (χ2n) is 5.13. The zero-order valence-corrected chi connectivity index (χ0v) is 13.4. The molecular weight excluding hydrogens is 264 g/mol. The molecular formula is C18H26O3. The molecule has 1 fully saturated rings. The molecule has 0 unspecified atom stereocenters. The first-order valence-electron chi connectivity index (χ1n) is 7.51. The van der Waals surface area contributed by atoms with Gasteiger partial charge >= 0.3 is 0 Å². The lowest BCUT2D eigenvalue weighted by Gasteiger charge is -2.24. The predicted molar refractivity (Wildman–Crippen MR) is 86.0 cm³/mol. The fraction of sp³-hybridized carbons (Fsp3) is 0.500. The first kappa shape index (κ1) is 17.6. The molecule has 21 heavy (non-hydrogen) atoms. The number of rotatable bonds is 8. The minimum atomic E-state index is -0.705. The van der Waals surface area contributed by atoms with Gasteiger partial charge in [-0.25, -0.2) is 0 Å². The summed E-state index contributed by atoms with van der Waals surface area (Å²) >= 11 is 0. The molecule has 116 valence electrons. The monoisotopic (exact) mass is 290 g/mol. The van der Waals surface area contributed by atoms with E-state index < -0.39 is 18.0 Å². The highest BCUT2D eigenvalue weighted by atomic mass is 16.8. The van der Waals surface area contributed by atoms with Crippen LogP contribution in [0.15, 0.2) is 49.1 Å². The van der Waals surface area contributed by atoms with Gasteiger partial charge in [-0.15, -0.1) is 0 Å². The van der Waals surface area contributed by atoms with Crippen molar-refractivity contribution >= 4 is 5.78 Å². The van der Waals surface area contributed by atoms with E-state index in [-0.39, 0.29) is 5.78 Å². The van der Waals surface area contributed by atoms with E-state index in [1.165, 1.54) is 0 Å². The van der Waals surface area contributed by atoms with Crippen molar-refractivity contribution < 1.29 is 14.3 Å². The Bertz CT molecular complexity index is 445. The van der Waals surface area contributed by atoms with Gasteiger partial charge in [-0.3, -0.25) is 4.79 Å². The lowest BCUT2D eigenvalue weighted by molar-refractivity contribution is -0.178. The molecule has 0 saturated carbocycles. The fourth-order valence-corrected chi connectivity index (χ4v) is 2.33. The lowest BCUT2D eigenvalue weighted by Crippen LogP contribution is -2.32. The van der Waals surface area contributed by atoms with Gasteiger partial charge in [0.25, 0.3) is 0 Å². The van der Waals surface area contributed by atoms with Crippen LogP contribution in [0.5, 0.6) is 0 Å². The first-order chi connectivity index (χ1) is 9.96. The first-order valence-corrected chi connectivity index (χ1v) is 7.51. The zero-order chi connectivity index (χ0) is 16.0. The smallest absolute Gasteiger partial charge is 0.190 e. The molecule has 0 aliphatic carbocycles. The van der Waals surface area contributed by atoms with Gasteiger partial charge in [0.2, 0.25) is 0 Å².